The Balaban J connectivity index is 2.01. The normalized spacial score (nSPS) is 19.6. The van der Waals surface area contributed by atoms with Gasteiger partial charge >= 0.3 is 0 Å². The van der Waals surface area contributed by atoms with Crippen LogP contribution in [0.3, 0.4) is 0 Å². The molecule has 1 amide bonds. The Morgan fingerprint density at radius 1 is 1.10 bits per heavy atom. The number of fused-ring (bicyclic) bond motifs is 1. The Labute approximate surface area is 129 Å². The number of halogens is 1. The van der Waals surface area contributed by atoms with Gasteiger partial charge in [0.2, 0.25) is 5.91 Å². The fourth-order valence-electron chi connectivity index (χ4n) is 2.64. The van der Waals surface area contributed by atoms with E-state index in [1.54, 1.807) is 0 Å². The molecule has 1 heterocycles. The van der Waals surface area contributed by atoms with Gasteiger partial charge in [-0.15, -0.1) is 0 Å². The highest BCUT2D eigenvalue weighted by Gasteiger charge is 2.42. The van der Waals surface area contributed by atoms with Crippen LogP contribution in [0.5, 0.6) is 0 Å². The van der Waals surface area contributed by atoms with Gasteiger partial charge in [0.05, 0.1) is 11.5 Å². The van der Waals surface area contributed by atoms with Crippen molar-refractivity contribution >= 4 is 28.9 Å². The van der Waals surface area contributed by atoms with Gasteiger partial charge in [0.1, 0.15) is 0 Å². The van der Waals surface area contributed by atoms with Gasteiger partial charge in [-0.05, 0) is 49.7 Å². The lowest BCUT2D eigenvalue weighted by molar-refractivity contribution is -0.125. The Hall–Kier alpha value is -2.00. The van der Waals surface area contributed by atoms with Gasteiger partial charge in [0.25, 0.3) is 0 Å². The highest BCUT2D eigenvalue weighted by Crippen LogP contribution is 2.43. The predicted octanol–water partition coefficient (Wildman–Crippen LogP) is 4.47. The first-order valence-corrected chi connectivity index (χ1v) is 7.29. The van der Waals surface area contributed by atoms with E-state index in [4.69, 9.17) is 11.6 Å². The summed E-state index contributed by atoms with van der Waals surface area (Å²) in [4.78, 5) is 12.4. The number of carbonyl (C=O) groups is 1. The molecule has 0 fully saturated rings. The van der Waals surface area contributed by atoms with E-state index in [1.807, 2.05) is 62.4 Å². The van der Waals surface area contributed by atoms with E-state index in [0.29, 0.717) is 5.02 Å². The fourth-order valence-corrected chi connectivity index (χ4v) is 2.76. The molecule has 4 heteroatoms. The minimum atomic E-state index is -0.548. The van der Waals surface area contributed by atoms with Gasteiger partial charge in [-0.25, -0.2) is 0 Å². The fraction of sp³-hybridized carbons (Fsp3) is 0.235. The summed E-state index contributed by atoms with van der Waals surface area (Å²) < 4.78 is 0. The maximum atomic E-state index is 12.4. The van der Waals surface area contributed by atoms with E-state index in [0.717, 1.165) is 16.9 Å². The van der Waals surface area contributed by atoms with E-state index < -0.39 is 5.41 Å². The number of carbonyl (C=O) groups excluding carboxylic acids is 1. The first kappa shape index (κ1) is 14.0. The van der Waals surface area contributed by atoms with Crippen molar-refractivity contribution in [2.24, 2.45) is 5.41 Å². The molecule has 1 unspecified atom stereocenters. The average molecular weight is 301 g/mol. The van der Waals surface area contributed by atoms with Crippen LogP contribution in [0.15, 0.2) is 48.5 Å². The summed E-state index contributed by atoms with van der Waals surface area (Å²) in [6.45, 7) is 3.90. The number of amides is 1. The molecule has 3 rings (SSSR count). The van der Waals surface area contributed by atoms with Gasteiger partial charge in [-0.3, -0.25) is 4.79 Å². The van der Waals surface area contributed by atoms with Crippen LogP contribution in [-0.4, -0.2) is 5.91 Å². The highest BCUT2D eigenvalue weighted by molar-refractivity contribution is 6.30. The third-order valence-electron chi connectivity index (χ3n) is 3.98. The van der Waals surface area contributed by atoms with Gasteiger partial charge < -0.3 is 10.6 Å². The van der Waals surface area contributed by atoms with Crippen molar-refractivity contribution < 1.29 is 4.79 Å². The number of para-hydroxylation sites is 1. The van der Waals surface area contributed by atoms with Crippen molar-refractivity contribution in [1.82, 2.24) is 0 Å². The lowest BCUT2D eigenvalue weighted by Crippen LogP contribution is -2.43. The summed E-state index contributed by atoms with van der Waals surface area (Å²) in [6, 6.07) is 15.3. The van der Waals surface area contributed by atoms with Gasteiger partial charge in [0, 0.05) is 16.4 Å². The number of hydrogen-bond acceptors (Lipinski definition) is 2. The SMILES string of the molecule is CC1(C)C(=O)Nc2ccccc2C1Nc1ccc(Cl)cc1. The van der Waals surface area contributed by atoms with Crippen molar-refractivity contribution in [3.63, 3.8) is 0 Å². The summed E-state index contributed by atoms with van der Waals surface area (Å²) in [6.07, 6.45) is 0. The molecule has 0 saturated heterocycles. The van der Waals surface area contributed by atoms with Crippen LogP contribution in [0.25, 0.3) is 0 Å². The Bertz CT molecular complexity index is 679. The smallest absolute Gasteiger partial charge is 0.232 e. The summed E-state index contributed by atoms with van der Waals surface area (Å²) >= 11 is 5.92. The molecule has 0 aliphatic carbocycles. The summed E-state index contributed by atoms with van der Waals surface area (Å²) in [5, 5.41) is 7.14. The summed E-state index contributed by atoms with van der Waals surface area (Å²) in [5.74, 6) is 0.0210. The molecule has 0 bridgehead atoms. The van der Waals surface area contributed by atoms with Crippen molar-refractivity contribution in [2.75, 3.05) is 10.6 Å². The molecule has 2 N–H and O–H groups in total. The zero-order valence-electron chi connectivity index (χ0n) is 12.0. The molecule has 0 radical (unpaired) electrons. The topological polar surface area (TPSA) is 41.1 Å². The molecule has 0 saturated carbocycles. The van der Waals surface area contributed by atoms with Crippen molar-refractivity contribution in [3.8, 4) is 0 Å². The second-order valence-corrected chi connectivity index (χ2v) is 6.28. The number of anilines is 2. The molecular formula is C17H17ClN2O. The molecule has 1 aliphatic heterocycles. The van der Waals surface area contributed by atoms with Crippen molar-refractivity contribution in [1.29, 1.82) is 0 Å². The largest absolute Gasteiger partial charge is 0.377 e. The Morgan fingerprint density at radius 2 is 1.76 bits per heavy atom. The molecular weight excluding hydrogens is 284 g/mol. The number of rotatable bonds is 2. The van der Waals surface area contributed by atoms with Crippen LogP contribution in [0.1, 0.15) is 25.5 Å². The van der Waals surface area contributed by atoms with Gasteiger partial charge in [-0.1, -0.05) is 29.8 Å². The van der Waals surface area contributed by atoms with E-state index in [9.17, 15) is 4.79 Å². The van der Waals surface area contributed by atoms with E-state index >= 15 is 0 Å². The first-order valence-electron chi connectivity index (χ1n) is 6.91. The Morgan fingerprint density at radius 3 is 2.48 bits per heavy atom. The predicted molar refractivity (Wildman–Crippen MR) is 86.7 cm³/mol. The second-order valence-electron chi connectivity index (χ2n) is 5.85. The number of nitrogens with one attached hydrogen (secondary N) is 2. The summed E-state index contributed by atoms with van der Waals surface area (Å²) in [5.41, 5.74) is 2.36. The molecule has 2 aromatic rings. The standard InChI is InChI=1S/C17H17ClN2O/c1-17(2)15(19-12-9-7-11(18)8-10-12)13-5-3-4-6-14(13)20-16(17)21/h3-10,15,19H,1-2H3,(H,20,21). The van der Waals surface area contributed by atoms with Crippen LogP contribution in [0.2, 0.25) is 5.02 Å². The highest BCUT2D eigenvalue weighted by atomic mass is 35.5. The minimum Gasteiger partial charge on any atom is -0.377 e. The minimum absolute atomic E-state index is 0.0210. The maximum Gasteiger partial charge on any atom is 0.232 e. The molecule has 21 heavy (non-hydrogen) atoms. The van der Waals surface area contributed by atoms with Crippen LogP contribution in [0, 0.1) is 5.41 Å². The molecule has 2 aromatic carbocycles. The monoisotopic (exact) mass is 300 g/mol. The molecule has 3 nitrogen and oxygen atoms in total. The molecule has 0 aromatic heterocycles. The molecule has 1 atom stereocenters. The van der Waals surface area contributed by atoms with Gasteiger partial charge in [0.15, 0.2) is 0 Å². The Kier molecular flexibility index (Phi) is 3.38. The third-order valence-corrected chi connectivity index (χ3v) is 4.23. The second kappa shape index (κ2) is 5.08. The third kappa shape index (κ3) is 2.49. The average Bonchev–Trinajstić information content (AvgIpc) is 2.46. The molecule has 0 spiro atoms. The first-order chi connectivity index (χ1) is 9.98. The van der Waals surface area contributed by atoms with E-state index in [1.165, 1.54) is 0 Å². The molecule has 108 valence electrons. The van der Waals surface area contributed by atoms with E-state index in [2.05, 4.69) is 10.6 Å². The van der Waals surface area contributed by atoms with Crippen molar-refractivity contribution in [2.45, 2.75) is 19.9 Å². The summed E-state index contributed by atoms with van der Waals surface area (Å²) in [7, 11) is 0. The van der Waals surface area contributed by atoms with Crippen molar-refractivity contribution in [3.05, 3.63) is 59.1 Å². The lowest BCUT2D eigenvalue weighted by atomic mass is 9.76. The van der Waals surface area contributed by atoms with Gasteiger partial charge in [-0.2, -0.15) is 0 Å². The molecule has 1 aliphatic rings. The maximum absolute atomic E-state index is 12.4. The van der Waals surface area contributed by atoms with E-state index in [-0.39, 0.29) is 11.9 Å². The van der Waals surface area contributed by atoms with Crippen LogP contribution >= 0.6 is 11.6 Å². The lowest BCUT2D eigenvalue weighted by Gasteiger charge is -2.39. The van der Waals surface area contributed by atoms with Crippen LogP contribution in [0.4, 0.5) is 11.4 Å². The van der Waals surface area contributed by atoms with Crippen LogP contribution in [-0.2, 0) is 4.79 Å². The quantitative estimate of drug-likeness (QED) is 0.859. The number of benzene rings is 2. The zero-order chi connectivity index (χ0) is 15.0. The number of hydrogen-bond donors (Lipinski definition) is 2. The zero-order valence-corrected chi connectivity index (χ0v) is 12.7. The van der Waals surface area contributed by atoms with Crippen LogP contribution < -0.4 is 10.6 Å².